The minimum absolute atomic E-state index is 0.0667. The quantitative estimate of drug-likeness (QED) is 0.714. The number of likely N-dealkylation sites (tertiary alicyclic amines) is 1. The second kappa shape index (κ2) is 8.31. The van der Waals surface area contributed by atoms with E-state index < -0.39 is 12.5 Å². The summed E-state index contributed by atoms with van der Waals surface area (Å²) in [6.45, 7) is 7.56. The Bertz CT molecular complexity index is 798. The minimum atomic E-state index is -2.46. The third-order valence-corrected chi connectivity index (χ3v) is 6.87. The maximum Gasteiger partial charge on any atom is 0.260 e. The molecule has 0 saturated carbocycles. The summed E-state index contributed by atoms with van der Waals surface area (Å²) in [5.41, 5.74) is 0.623. The molecule has 5 nitrogen and oxygen atoms in total. The second-order valence-corrected chi connectivity index (χ2v) is 10.2. The first-order valence-corrected chi connectivity index (χ1v) is 11.3. The summed E-state index contributed by atoms with van der Waals surface area (Å²) in [5.74, 6) is 1.43. The molecule has 1 aromatic heterocycles. The minimum Gasteiger partial charge on any atom is -0.367 e. The van der Waals surface area contributed by atoms with Crippen LogP contribution in [0.15, 0.2) is 18.2 Å². The highest BCUT2D eigenvalue weighted by Crippen LogP contribution is 2.38. The summed E-state index contributed by atoms with van der Waals surface area (Å²) in [5, 5.41) is 8.00. The Balaban J connectivity index is 1.47. The van der Waals surface area contributed by atoms with Crippen molar-refractivity contribution >= 4 is 11.7 Å². The first-order chi connectivity index (χ1) is 14.2. The van der Waals surface area contributed by atoms with Crippen LogP contribution in [0.1, 0.15) is 71.0 Å². The van der Waals surface area contributed by atoms with E-state index in [1.54, 1.807) is 0 Å². The molecule has 0 radical (unpaired) electrons. The van der Waals surface area contributed by atoms with Crippen LogP contribution in [0.4, 0.5) is 14.6 Å². The highest BCUT2D eigenvalue weighted by Gasteiger charge is 2.39. The molecule has 30 heavy (non-hydrogen) atoms. The number of alkyl halides is 2. The van der Waals surface area contributed by atoms with Crippen molar-refractivity contribution in [2.45, 2.75) is 83.2 Å². The van der Waals surface area contributed by atoms with Gasteiger partial charge in [0.25, 0.3) is 6.43 Å². The number of nitrogens with zero attached hydrogens (tertiary/aromatic N) is 3. The van der Waals surface area contributed by atoms with E-state index in [4.69, 9.17) is 0 Å². The lowest BCUT2D eigenvalue weighted by molar-refractivity contribution is -0.133. The summed E-state index contributed by atoms with van der Waals surface area (Å²) in [7, 11) is 0. The Morgan fingerprint density at radius 3 is 2.80 bits per heavy atom. The van der Waals surface area contributed by atoms with Crippen molar-refractivity contribution in [3.05, 3.63) is 23.9 Å². The van der Waals surface area contributed by atoms with E-state index in [0.29, 0.717) is 31.1 Å². The van der Waals surface area contributed by atoms with E-state index in [1.807, 2.05) is 31.7 Å². The molecule has 1 N–H and O–H groups in total. The standard InChI is InChI=1S/C23H34F2N4O/c1-23(2,3)19-13-20-26-17(12-18(22(24)25)29(20)27-19)16-9-6-10-28(14-16)21(30)11-15-7-4-5-8-15/h4,7,13,15-18,22,26H,5-6,8-12,14H2,1-3H3/t15-,16+,17-,18+/m0/s1. The number of amides is 1. The molecule has 0 aromatic carbocycles. The number of anilines is 1. The fourth-order valence-electron chi connectivity index (χ4n) is 5.03. The predicted octanol–water partition coefficient (Wildman–Crippen LogP) is 4.77. The molecule has 3 aliphatic rings. The number of fused-ring (bicyclic) bond motifs is 1. The zero-order valence-electron chi connectivity index (χ0n) is 18.3. The lowest BCUT2D eigenvalue weighted by atomic mass is 9.85. The number of aromatic nitrogens is 2. The van der Waals surface area contributed by atoms with Gasteiger partial charge in [0.1, 0.15) is 11.9 Å². The molecule has 0 spiro atoms. The van der Waals surface area contributed by atoms with Crippen molar-refractivity contribution in [2.75, 3.05) is 18.4 Å². The lowest BCUT2D eigenvalue weighted by Crippen LogP contribution is -2.48. The summed E-state index contributed by atoms with van der Waals surface area (Å²) >= 11 is 0. The number of piperidine rings is 1. The van der Waals surface area contributed by atoms with Gasteiger partial charge >= 0.3 is 0 Å². The molecule has 1 fully saturated rings. The highest BCUT2D eigenvalue weighted by molar-refractivity contribution is 5.76. The van der Waals surface area contributed by atoms with Crippen LogP contribution in [-0.2, 0) is 10.2 Å². The summed E-state index contributed by atoms with van der Waals surface area (Å²) < 4.78 is 29.3. The lowest BCUT2D eigenvalue weighted by Gasteiger charge is -2.41. The van der Waals surface area contributed by atoms with Gasteiger partial charge in [-0.3, -0.25) is 4.79 Å². The first-order valence-electron chi connectivity index (χ1n) is 11.3. The van der Waals surface area contributed by atoms with Gasteiger partial charge < -0.3 is 10.2 Å². The SMILES string of the molecule is CC(C)(C)c1cc2n(n1)[C@@H](C(F)F)C[C@@H]([C@@H]1CCCN(C(=O)C[C@H]3C=CCC3)C1)N2. The molecule has 3 heterocycles. The molecule has 1 amide bonds. The normalized spacial score (nSPS) is 29.2. The molecule has 7 heteroatoms. The maximum atomic E-state index is 13.9. The van der Waals surface area contributed by atoms with Crippen molar-refractivity contribution in [3.63, 3.8) is 0 Å². The summed E-state index contributed by atoms with van der Waals surface area (Å²) in [6.07, 6.45) is 6.77. The fourth-order valence-corrected chi connectivity index (χ4v) is 5.03. The Labute approximate surface area is 177 Å². The zero-order valence-corrected chi connectivity index (χ0v) is 18.3. The topological polar surface area (TPSA) is 50.2 Å². The average Bonchev–Trinajstić information content (AvgIpc) is 3.36. The smallest absolute Gasteiger partial charge is 0.260 e. The van der Waals surface area contributed by atoms with Gasteiger partial charge in [0.2, 0.25) is 5.91 Å². The Hall–Kier alpha value is -1.92. The van der Waals surface area contributed by atoms with Gasteiger partial charge in [0, 0.05) is 37.0 Å². The number of carbonyl (C=O) groups is 1. The van der Waals surface area contributed by atoms with Crippen LogP contribution < -0.4 is 5.32 Å². The number of carbonyl (C=O) groups excluding carboxylic acids is 1. The van der Waals surface area contributed by atoms with E-state index >= 15 is 0 Å². The van der Waals surface area contributed by atoms with Gasteiger partial charge in [-0.15, -0.1) is 0 Å². The van der Waals surface area contributed by atoms with Crippen molar-refractivity contribution in [1.29, 1.82) is 0 Å². The van der Waals surface area contributed by atoms with Crippen molar-refractivity contribution in [2.24, 2.45) is 11.8 Å². The number of halogens is 2. The Morgan fingerprint density at radius 2 is 2.13 bits per heavy atom. The Morgan fingerprint density at radius 1 is 1.33 bits per heavy atom. The molecular weight excluding hydrogens is 386 g/mol. The number of hydrogen-bond donors (Lipinski definition) is 1. The van der Waals surface area contributed by atoms with E-state index in [9.17, 15) is 13.6 Å². The average molecular weight is 421 g/mol. The fraction of sp³-hybridized carbons (Fsp3) is 0.739. The van der Waals surface area contributed by atoms with Gasteiger partial charge in [0.15, 0.2) is 0 Å². The first kappa shape index (κ1) is 21.3. The van der Waals surface area contributed by atoms with Crippen LogP contribution >= 0.6 is 0 Å². The molecule has 0 bridgehead atoms. The van der Waals surface area contributed by atoms with E-state index in [0.717, 1.165) is 37.9 Å². The zero-order chi connectivity index (χ0) is 21.5. The summed E-state index contributed by atoms with van der Waals surface area (Å²) in [4.78, 5) is 14.8. The monoisotopic (exact) mass is 420 g/mol. The van der Waals surface area contributed by atoms with Crippen LogP contribution in [0.3, 0.4) is 0 Å². The van der Waals surface area contributed by atoms with Crippen LogP contribution in [-0.4, -0.2) is 46.1 Å². The van der Waals surface area contributed by atoms with E-state index in [2.05, 4.69) is 22.6 Å². The number of hydrogen-bond acceptors (Lipinski definition) is 3. The van der Waals surface area contributed by atoms with Crippen LogP contribution in [0.2, 0.25) is 0 Å². The maximum absolute atomic E-state index is 13.9. The third-order valence-electron chi connectivity index (χ3n) is 6.87. The van der Waals surface area contributed by atoms with Crippen LogP contribution in [0, 0.1) is 11.8 Å². The van der Waals surface area contributed by atoms with Crippen LogP contribution in [0.25, 0.3) is 0 Å². The molecule has 1 saturated heterocycles. The molecular formula is C23H34F2N4O. The van der Waals surface area contributed by atoms with Crippen LogP contribution in [0.5, 0.6) is 0 Å². The predicted molar refractivity (Wildman–Crippen MR) is 114 cm³/mol. The molecule has 166 valence electrons. The molecule has 0 unspecified atom stereocenters. The van der Waals surface area contributed by atoms with Crippen molar-refractivity contribution in [3.8, 4) is 0 Å². The van der Waals surface area contributed by atoms with Gasteiger partial charge in [-0.05, 0) is 43.9 Å². The summed E-state index contributed by atoms with van der Waals surface area (Å²) in [6, 6.07) is 0.930. The van der Waals surface area contributed by atoms with E-state index in [-0.39, 0.29) is 23.3 Å². The number of allylic oxidation sites excluding steroid dienone is 2. The number of rotatable bonds is 4. The van der Waals surface area contributed by atoms with Gasteiger partial charge in [-0.25, -0.2) is 13.5 Å². The van der Waals surface area contributed by atoms with Gasteiger partial charge in [0.05, 0.1) is 5.69 Å². The third kappa shape index (κ3) is 4.40. The van der Waals surface area contributed by atoms with Crippen molar-refractivity contribution in [1.82, 2.24) is 14.7 Å². The largest absolute Gasteiger partial charge is 0.367 e. The molecule has 2 aliphatic heterocycles. The van der Waals surface area contributed by atoms with Gasteiger partial charge in [-0.1, -0.05) is 32.9 Å². The number of nitrogens with one attached hydrogen (secondary N) is 1. The van der Waals surface area contributed by atoms with Gasteiger partial charge in [-0.2, -0.15) is 5.10 Å². The Kier molecular flexibility index (Phi) is 5.90. The molecule has 1 aliphatic carbocycles. The molecule has 4 rings (SSSR count). The molecule has 1 aromatic rings. The second-order valence-electron chi connectivity index (χ2n) is 10.2. The highest BCUT2D eigenvalue weighted by atomic mass is 19.3. The molecule has 4 atom stereocenters. The van der Waals surface area contributed by atoms with Crippen molar-refractivity contribution < 1.29 is 13.6 Å². The van der Waals surface area contributed by atoms with E-state index in [1.165, 1.54) is 4.68 Å².